The van der Waals surface area contributed by atoms with Crippen molar-refractivity contribution in [1.82, 2.24) is 9.13 Å². The van der Waals surface area contributed by atoms with Crippen LogP contribution in [0.2, 0.25) is 0 Å². The van der Waals surface area contributed by atoms with Gasteiger partial charge >= 0.3 is 0 Å². The molecule has 3 heterocycles. The summed E-state index contributed by atoms with van der Waals surface area (Å²) in [5.74, 6) is 0. The van der Waals surface area contributed by atoms with E-state index in [0.29, 0.717) is 0 Å². The number of hydrogen-bond acceptors (Lipinski definition) is 1. The van der Waals surface area contributed by atoms with Crippen LogP contribution in [-0.4, -0.2) is 9.13 Å². The zero-order valence-corrected chi connectivity index (χ0v) is 25.9. The lowest BCUT2D eigenvalue weighted by Gasteiger charge is -2.25. The van der Waals surface area contributed by atoms with Gasteiger partial charge in [0.1, 0.15) is 5.65 Å². The molecule has 3 heteroatoms. The van der Waals surface area contributed by atoms with Gasteiger partial charge in [-0.3, -0.25) is 9.13 Å². The first-order chi connectivity index (χ1) is 22.6. The fraction of sp³-hybridized carbons (Fsp3) is 0.0698. The van der Waals surface area contributed by atoms with Crippen molar-refractivity contribution < 1.29 is 0 Å². The van der Waals surface area contributed by atoms with Crippen molar-refractivity contribution in [2.45, 2.75) is 19.3 Å². The lowest BCUT2D eigenvalue weighted by molar-refractivity contribution is 0.644. The Balaban J connectivity index is 1.13. The number of para-hydroxylation sites is 4. The van der Waals surface area contributed by atoms with Gasteiger partial charge in [-0.05, 0) is 83.4 Å². The van der Waals surface area contributed by atoms with Gasteiger partial charge in [-0.15, -0.1) is 0 Å². The molecule has 2 aromatic heterocycles. The summed E-state index contributed by atoms with van der Waals surface area (Å²) in [6.45, 7) is 4.68. The number of benzene rings is 6. The number of aromatic nitrogens is 2. The fourth-order valence-corrected chi connectivity index (χ4v) is 7.44. The smallest absolute Gasteiger partial charge is 0.130 e. The normalized spacial score (nSPS) is 13.2. The highest BCUT2D eigenvalue weighted by atomic mass is 15.2. The average Bonchev–Trinajstić information content (AvgIpc) is 3.72. The van der Waals surface area contributed by atoms with Gasteiger partial charge in [-0.1, -0.05) is 111 Å². The van der Waals surface area contributed by atoms with E-state index in [1.165, 1.54) is 50.0 Å². The first kappa shape index (κ1) is 26.6. The molecule has 1 aliphatic rings. The van der Waals surface area contributed by atoms with E-state index in [1.54, 1.807) is 0 Å². The van der Waals surface area contributed by atoms with Gasteiger partial charge in [0.25, 0.3) is 0 Å². The summed E-state index contributed by atoms with van der Waals surface area (Å²) in [5, 5.41) is 2.59. The Kier molecular flexibility index (Phi) is 5.85. The topological polar surface area (TPSA) is 13.1 Å². The van der Waals surface area contributed by atoms with E-state index < -0.39 is 0 Å². The molecular weight excluding hydrogens is 558 g/mol. The van der Waals surface area contributed by atoms with E-state index in [1.807, 2.05) is 0 Å². The molecule has 8 aromatic rings. The molecule has 0 bridgehead atoms. The summed E-state index contributed by atoms with van der Waals surface area (Å²) in [6.07, 6.45) is 0. The maximum absolute atomic E-state index is 2.49. The average molecular weight is 592 g/mol. The summed E-state index contributed by atoms with van der Waals surface area (Å²) in [4.78, 5) is 2.30. The molecule has 220 valence electrons. The number of nitrogens with zero attached hydrogens (tertiary/aromatic N) is 3. The SMILES string of the molecule is CC1(C)c2ccccc2-n2c1cc1c3ccccc3n(-c3ccc(-c4ccc(N(c5ccccc5)c5ccccc5)cc4)cc3)c12. The molecule has 0 spiro atoms. The Morgan fingerprint density at radius 3 is 1.70 bits per heavy atom. The Morgan fingerprint density at radius 1 is 0.478 bits per heavy atom. The van der Waals surface area contributed by atoms with Crippen LogP contribution in [0.15, 0.2) is 164 Å². The van der Waals surface area contributed by atoms with Crippen LogP contribution in [0, 0.1) is 0 Å². The zero-order chi connectivity index (χ0) is 30.8. The molecule has 0 aliphatic carbocycles. The highest BCUT2D eigenvalue weighted by Crippen LogP contribution is 2.48. The lowest BCUT2D eigenvalue weighted by Crippen LogP contribution is -2.15. The maximum Gasteiger partial charge on any atom is 0.130 e. The predicted molar refractivity (Wildman–Crippen MR) is 192 cm³/mol. The molecule has 6 aromatic carbocycles. The van der Waals surface area contributed by atoms with Gasteiger partial charge in [0, 0.05) is 44.6 Å². The fourth-order valence-electron chi connectivity index (χ4n) is 7.44. The van der Waals surface area contributed by atoms with Crippen molar-refractivity contribution in [3.63, 3.8) is 0 Å². The summed E-state index contributed by atoms with van der Waals surface area (Å²) >= 11 is 0. The Hall–Kier alpha value is -5.80. The van der Waals surface area contributed by atoms with Crippen LogP contribution in [-0.2, 0) is 5.41 Å². The van der Waals surface area contributed by atoms with Gasteiger partial charge in [0.15, 0.2) is 0 Å². The van der Waals surface area contributed by atoms with E-state index >= 15 is 0 Å². The first-order valence-corrected chi connectivity index (χ1v) is 16.0. The van der Waals surface area contributed by atoms with Gasteiger partial charge in [-0.2, -0.15) is 0 Å². The van der Waals surface area contributed by atoms with Crippen LogP contribution in [0.1, 0.15) is 25.1 Å². The highest BCUT2D eigenvalue weighted by molar-refractivity contribution is 6.10. The second-order valence-corrected chi connectivity index (χ2v) is 12.7. The summed E-state index contributed by atoms with van der Waals surface area (Å²) in [5.41, 5.74) is 13.3. The maximum atomic E-state index is 2.49. The molecule has 0 unspecified atom stereocenters. The van der Waals surface area contributed by atoms with Crippen molar-refractivity contribution in [3.8, 4) is 22.5 Å². The minimum absolute atomic E-state index is 0.0613. The molecule has 0 fully saturated rings. The van der Waals surface area contributed by atoms with Gasteiger partial charge in [0.2, 0.25) is 0 Å². The molecule has 3 nitrogen and oxygen atoms in total. The van der Waals surface area contributed by atoms with Crippen LogP contribution >= 0.6 is 0 Å². The van der Waals surface area contributed by atoms with E-state index in [0.717, 1.165) is 22.7 Å². The standard InChI is InChI=1S/C43H33N3/c1-43(2)38-18-10-12-20-40(38)46-41(43)29-37-36-17-9-11-19-39(36)45(42(37)46)35-27-23-31(24-28-35)30-21-25-34(26-22-30)44(32-13-5-3-6-14-32)33-15-7-4-8-16-33/h3-29H,1-2H3. The number of hydrogen-bond donors (Lipinski definition) is 0. The van der Waals surface area contributed by atoms with Crippen LogP contribution in [0.5, 0.6) is 0 Å². The van der Waals surface area contributed by atoms with Crippen LogP contribution in [0.4, 0.5) is 17.1 Å². The minimum atomic E-state index is -0.0613. The Labute approximate surface area is 269 Å². The van der Waals surface area contributed by atoms with Gasteiger partial charge in [0.05, 0.1) is 11.2 Å². The van der Waals surface area contributed by atoms with Gasteiger partial charge < -0.3 is 4.90 Å². The Morgan fingerprint density at radius 2 is 1.02 bits per heavy atom. The van der Waals surface area contributed by atoms with E-state index in [9.17, 15) is 0 Å². The van der Waals surface area contributed by atoms with Crippen molar-refractivity contribution in [2.75, 3.05) is 4.90 Å². The minimum Gasteiger partial charge on any atom is -0.311 e. The molecule has 9 rings (SSSR count). The Bertz CT molecular complexity index is 2320. The van der Waals surface area contributed by atoms with Crippen molar-refractivity contribution in [3.05, 3.63) is 175 Å². The highest BCUT2D eigenvalue weighted by Gasteiger charge is 2.38. The third-order valence-electron chi connectivity index (χ3n) is 9.69. The molecule has 0 atom stereocenters. The van der Waals surface area contributed by atoms with Crippen LogP contribution in [0.25, 0.3) is 44.4 Å². The molecule has 46 heavy (non-hydrogen) atoms. The monoisotopic (exact) mass is 591 g/mol. The van der Waals surface area contributed by atoms with Crippen molar-refractivity contribution in [1.29, 1.82) is 0 Å². The molecule has 0 radical (unpaired) electrons. The molecular formula is C43H33N3. The van der Waals surface area contributed by atoms with Crippen LogP contribution in [0.3, 0.4) is 0 Å². The largest absolute Gasteiger partial charge is 0.311 e. The summed E-state index contributed by atoms with van der Waals surface area (Å²) in [7, 11) is 0. The second-order valence-electron chi connectivity index (χ2n) is 12.7. The van der Waals surface area contributed by atoms with Crippen molar-refractivity contribution in [2.24, 2.45) is 0 Å². The third-order valence-corrected chi connectivity index (χ3v) is 9.69. The van der Waals surface area contributed by atoms with E-state index in [-0.39, 0.29) is 5.41 Å². The predicted octanol–water partition coefficient (Wildman–Crippen LogP) is 11.4. The van der Waals surface area contributed by atoms with E-state index in [4.69, 9.17) is 0 Å². The third kappa shape index (κ3) is 3.92. The quantitative estimate of drug-likeness (QED) is 0.194. The lowest BCUT2D eigenvalue weighted by atomic mass is 9.83. The molecule has 0 saturated carbocycles. The summed E-state index contributed by atoms with van der Waals surface area (Å²) in [6, 6.07) is 59.1. The molecule has 0 saturated heterocycles. The van der Waals surface area contributed by atoms with Crippen molar-refractivity contribution >= 4 is 39.0 Å². The number of anilines is 3. The number of fused-ring (bicyclic) bond motifs is 7. The molecule has 0 N–H and O–H groups in total. The summed E-state index contributed by atoms with van der Waals surface area (Å²) < 4.78 is 4.93. The molecule has 0 amide bonds. The molecule has 1 aliphatic heterocycles. The van der Waals surface area contributed by atoms with Gasteiger partial charge in [-0.25, -0.2) is 0 Å². The van der Waals surface area contributed by atoms with E-state index in [2.05, 4.69) is 192 Å². The number of rotatable bonds is 5. The second kappa shape index (κ2) is 10.1. The first-order valence-electron chi connectivity index (χ1n) is 16.0. The van der Waals surface area contributed by atoms with Crippen LogP contribution < -0.4 is 4.90 Å². The zero-order valence-electron chi connectivity index (χ0n) is 25.9.